The molecule has 5 nitrogen and oxygen atoms in total. The third kappa shape index (κ3) is 5.55. The second kappa shape index (κ2) is 9.30. The van der Waals surface area contributed by atoms with Crippen LogP contribution in [0.3, 0.4) is 0 Å². The topological polar surface area (TPSA) is 62.7 Å². The fraction of sp³-hybridized carbons (Fsp3) is 0.579. The number of carbonyl (C=O) groups excluding carboxylic acids is 1. The Labute approximate surface area is 144 Å². The molecule has 0 amide bonds. The molecule has 0 saturated heterocycles. The Bertz CT molecular complexity index is 539. The predicted octanol–water partition coefficient (Wildman–Crippen LogP) is 2.62. The van der Waals surface area contributed by atoms with Gasteiger partial charge in [0.25, 0.3) is 0 Å². The van der Waals surface area contributed by atoms with Crippen molar-refractivity contribution in [2.45, 2.75) is 44.9 Å². The Kier molecular flexibility index (Phi) is 7.09. The molecule has 1 aromatic rings. The molecule has 2 rings (SSSR count). The molecule has 0 unspecified atom stereocenters. The van der Waals surface area contributed by atoms with Crippen LogP contribution < -0.4 is 10.6 Å². The van der Waals surface area contributed by atoms with Gasteiger partial charge in [0.1, 0.15) is 0 Å². The third-order valence-corrected chi connectivity index (χ3v) is 4.28. The van der Waals surface area contributed by atoms with Crippen LogP contribution in [0.25, 0.3) is 0 Å². The molecule has 132 valence electrons. The minimum Gasteiger partial charge on any atom is -0.466 e. The average Bonchev–Trinajstić information content (AvgIpc) is 3.39. The van der Waals surface area contributed by atoms with Gasteiger partial charge in [-0.2, -0.15) is 0 Å². The van der Waals surface area contributed by atoms with E-state index < -0.39 is 0 Å². The van der Waals surface area contributed by atoms with Crippen LogP contribution in [0.2, 0.25) is 0 Å². The zero-order chi connectivity index (χ0) is 17.3. The molecule has 1 aliphatic carbocycles. The van der Waals surface area contributed by atoms with Gasteiger partial charge in [0.15, 0.2) is 5.96 Å². The van der Waals surface area contributed by atoms with Gasteiger partial charge >= 0.3 is 5.97 Å². The van der Waals surface area contributed by atoms with E-state index >= 15 is 0 Å². The summed E-state index contributed by atoms with van der Waals surface area (Å²) in [6.45, 7) is 6.65. The van der Waals surface area contributed by atoms with Gasteiger partial charge in [-0.25, -0.2) is 0 Å². The summed E-state index contributed by atoms with van der Waals surface area (Å²) in [5, 5.41) is 6.57. The molecule has 24 heavy (non-hydrogen) atoms. The van der Waals surface area contributed by atoms with Gasteiger partial charge < -0.3 is 15.4 Å². The van der Waals surface area contributed by atoms with Gasteiger partial charge in [0, 0.05) is 24.9 Å². The Morgan fingerprint density at radius 1 is 1.21 bits per heavy atom. The first-order valence-electron chi connectivity index (χ1n) is 8.93. The lowest BCUT2D eigenvalue weighted by atomic mass is 9.96. The maximum Gasteiger partial charge on any atom is 0.305 e. The summed E-state index contributed by atoms with van der Waals surface area (Å²) < 4.78 is 4.93. The average molecular weight is 331 g/mol. The number of hydrogen-bond donors (Lipinski definition) is 2. The Morgan fingerprint density at radius 2 is 1.96 bits per heavy atom. The summed E-state index contributed by atoms with van der Waals surface area (Å²) in [7, 11) is 0. The molecule has 5 heteroatoms. The van der Waals surface area contributed by atoms with Crippen molar-refractivity contribution >= 4 is 11.9 Å². The molecule has 0 aliphatic heterocycles. The molecule has 0 bridgehead atoms. The number of benzene rings is 1. The zero-order valence-electron chi connectivity index (χ0n) is 14.8. The van der Waals surface area contributed by atoms with E-state index in [4.69, 9.17) is 9.73 Å². The first kappa shape index (κ1) is 18.3. The molecule has 0 radical (unpaired) electrons. The van der Waals surface area contributed by atoms with E-state index in [0.717, 1.165) is 25.5 Å². The number of hydrogen-bond acceptors (Lipinski definition) is 3. The minimum atomic E-state index is -0.137. The normalized spacial score (nSPS) is 15.7. The van der Waals surface area contributed by atoms with Crippen molar-refractivity contribution in [3.63, 3.8) is 0 Å². The Hall–Kier alpha value is -2.04. The quantitative estimate of drug-likeness (QED) is 0.316. The second-order valence-corrected chi connectivity index (χ2v) is 6.18. The molecule has 0 heterocycles. The van der Waals surface area contributed by atoms with Crippen molar-refractivity contribution in [3.05, 3.63) is 35.9 Å². The van der Waals surface area contributed by atoms with Gasteiger partial charge in [0.2, 0.25) is 0 Å². The molecule has 0 atom stereocenters. The molecular formula is C19H29N3O2. The van der Waals surface area contributed by atoms with Gasteiger partial charge in [-0.3, -0.25) is 9.79 Å². The highest BCUT2D eigenvalue weighted by Gasteiger charge is 2.43. The summed E-state index contributed by atoms with van der Waals surface area (Å²) >= 11 is 0. The monoisotopic (exact) mass is 331 g/mol. The molecule has 1 fully saturated rings. The lowest BCUT2D eigenvalue weighted by Gasteiger charge is -2.16. The summed E-state index contributed by atoms with van der Waals surface area (Å²) in [5.41, 5.74) is 1.60. The number of ether oxygens (including phenoxy) is 1. The number of aliphatic imine (C=N–C) groups is 1. The number of esters is 1. The van der Waals surface area contributed by atoms with Crippen molar-refractivity contribution < 1.29 is 9.53 Å². The Morgan fingerprint density at radius 3 is 2.58 bits per heavy atom. The van der Waals surface area contributed by atoms with Crippen molar-refractivity contribution in [1.82, 2.24) is 10.6 Å². The fourth-order valence-electron chi connectivity index (χ4n) is 2.73. The lowest BCUT2D eigenvalue weighted by Crippen LogP contribution is -2.38. The third-order valence-electron chi connectivity index (χ3n) is 4.28. The molecule has 0 spiro atoms. The van der Waals surface area contributed by atoms with E-state index in [1.165, 1.54) is 18.4 Å². The van der Waals surface area contributed by atoms with Crippen LogP contribution in [0, 0.1) is 0 Å². The van der Waals surface area contributed by atoms with Gasteiger partial charge in [-0.15, -0.1) is 0 Å². The minimum absolute atomic E-state index is 0.137. The molecule has 1 aliphatic rings. The van der Waals surface area contributed by atoms with E-state index in [0.29, 0.717) is 19.6 Å². The number of carbonyl (C=O) groups is 1. The molecule has 0 aromatic heterocycles. The highest BCUT2D eigenvalue weighted by molar-refractivity contribution is 5.80. The highest BCUT2D eigenvalue weighted by atomic mass is 16.5. The largest absolute Gasteiger partial charge is 0.466 e. The van der Waals surface area contributed by atoms with Crippen molar-refractivity contribution in [2.75, 3.05) is 26.2 Å². The predicted molar refractivity (Wildman–Crippen MR) is 97.2 cm³/mol. The highest BCUT2D eigenvalue weighted by Crippen LogP contribution is 2.48. The molecule has 1 aromatic carbocycles. The second-order valence-electron chi connectivity index (χ2n) is 6.18. The number of nitrogens with one attached hydrogen (secondary N) is 2. The molecule has 2 N–H and O–H groups in total. The van der Waals surface area contributed by atoms with Crippen LogP contribution in [0.15, 0.2) is 35.3 Å². The standard InChI is InChI=1S/C19H29N3O2/c1-3-20-18(21-14-8-11-17(23)24-4-2)22-15-19(12-13-19)16-9-6-5-7-10-16/h5-7,9-10H,3-4,8,11-15H2,1-2H3,(H2,20,21,22). The van der Waals surface area contributed by atoms with E-state index in [9.17, 15) is 4.79 Å². The van der Waals surface area contributed by atoms with E-state index in [1.807, 2.05) is 6.92 Å². The summed E-state index contributed by atoms with van der Waals surface area (Å²) in [4.78, 5) is 16.1. The fourth-order valence-corrected chi connectivity index (χ4v) is 2.73. The van der Waals surface area contributed by atoms with E-state index in [2.05, 4.69) is 47.9 Å². The summed E-state index contributed by atoms with van der Waals surface area (Å²) in [6, 6.07) is 10.6. The number of nitrogens with zero attached hydrogens (tertiary/aromatic N) is 1. The smallest absolute Gasteiger partial charge is 0.305 e. The van der Waals surface area contributed by atoms with Crippen molar-refractivity contribution in [3.8, 4) is 0 Å². The van der Waals surface area contributed by atoms with Crippen LogP contribution in [0.1, 0.15) is 45.1 Å². The molecule has 1 saturated carbocycles. The first-order valence-corrected chi connectivity index (χ1v) is 8.93. The number of guanidine groups is 1. The van der Waals surface area contributed by atoms with Crippen molar-refractivity contribution in [2.24, 2.45) is 4.99 Å². The van der Waals surface area contributed by atoms with Gasteiger partial charge in [0.05, 0.1) is 13.2 Å². The van der Waals surface area contributed by atoms with Gasteiger partial charge in [-0.1, -0.05) is 30.3 Å². The van der Waals surface area contributed by atoms with Crippen LogP contribution in [-0.4, -0.2) is 38.2 Å². The summed E-state index contributed by atoms with van der Waals surface area (Å²) in [5.74, 6) is 0.686. The maximum absolute atomic E-state index is 11.3. The van der Waals surface area contributed by atoms with Crippen LogP contribution in [-0.2, 0) is 14.9 Å². The molecular weight excluding hydrogens is 302 g/mol. The first-order chi connectivity index (χ1) is 11.7. The van der Waals surface area contributed by atoms with E-state index in [1.54, 1.807) is 0 Å². The van der Waals surface area contributed by atoms with Crippen LogP contribution >= 0.6 is 0 Å². The van der Waals surface area contributed by atoms with Gasteiger partial charge in [-0.05, 0) is 38.7 Å². The lowest BCUT2D eigenvalue weighted by molar-refractivity contribution is -0.143. The van der Waals surface area contributed by atoms with Crippen LogP contribution in [0.5, 0.6) is 0 Å². The maximum atomic E-state index is 11.3. The van der Waals surface area contributed by atoms with E-state index in [-0.39, 0.29) is 11.4 Å². The SMILES string of the molecule is CCNC(=NCC1(c2ccccc2)CC1)NCCCC(=O)OCC. The number of rotatable bonds is 9. The Balaban J connectivity index is 1.82. The zero-order valence-corrected chi connectivity index (χ0v) is 14.8. The van der Waals surface area contributed by atoms with Crippen LogP contribution in [0.4, 0.5) is 0 Å². The summed E-state index contributed by atoms with van der Waals surface area (Å²) in [6.07, 6.45) is 3.58. The van der Waals surface area contributed by atoms with Crippen molar-refractivity contribution in [1.29, 1.82) is 0 Å².